The minimum atomic E-state index is -0.177. The van der Waals surface area contributed by atoms with Crippen LogP contribution in [-0.4, -0.2) is 29.1 Å². The van der Waals surface area contributed by atoms with E-state index in [4.69, 9.17) is 26.1 Å². The van der Waals surface area contributed by atoms with Gasteiger partial charge in [-0.3, -0.25) is 14.7 Å². The Bertz CT molecular complexity index is 1280. The molecule has 6 nitrogen and oxygen atoms in total. The molecule has 4 aromatic rings. The van der Waals surface area contributed by atoms with Crippen molar-refractivity contribution in [1.29, 1.82) is 0 Å². The number of thiazole rings is 1. The minimum absolute atomic E-state index is 0.177. The Hall–Kier alpha value is -3.16. The molecule has 0 spiro atoms. The summed E-state index contributed by atoms with van der Waals surface area (Å²) in [5.41, 5.74) is 3.22. The highest BCUT2D eigenvalue weighted by Crippen LogP contribution is 2.36. The van der Waals surface area contributed by atoms with Crippen molar-refractivity contribution in [2.24, 2.45) is 0 Å². The van der Waals surface area contributed by atoms with E-state index in [9.17, 15) is 4.79 Å². The molecule has 1 aliphatic heterocycles. The normalized spacial score (nSPS) is 12.7. The standard InChI is InChI=1S/C23H18ClN3O3S/c1-14-9-17(24)11-20-21(14)26-23(31-20)27(13-15-3-2-6-25-12-15)22(28)16-4-5-18-19(10-16)30-8-7-29-18/h2-6,9-12H,7-8,13H2,1H3. The summed E-state index contributed by atoms with van der Waals surface area (Å²) in [7, 11) is 0. The average molecular weight is 452 g/mol. The fourth-order valence-electron chi connectivity index (χ4n) is 3.49. The molecule has 156 valence electrons. The van der Waals surface area contributed by atoms with E-state index in [0.717, 1.165) is 21.3 Å². The molecular formula is C23H18ClN3O3S. The van der Waals surface area contributed by atoms with E-state index >= 15 is 0 Å². The lowest BCUT2D eigenvalue weighted by Gasteiger charge is -2.22. The molecule has 0 unspecified atom stereocenters. The van der Waals surface area contributed by atoms with Crippen LogP contribution < -0.4 is 14.4 Å². The van der Waals surface area contributed by atoms with Gasteiger partial charge in [0.2, 0.25) is 0 Å². The number of carbonyl (C=O) groups is 1. The Kier molecular flexibility index (Phi) is 5.21. The Balaban J connectivity index is 1.57. The maximum atomic E-state index is 13.6. The summed E-state index contributed by atoms with van der Waals surface area (Å²) in [6.07, 6.45) is 3.46. The van der Waals surface area contributed by atoms with Crippen molar-refractivity contribution in [2.45, 2.75) is 13.5 Å². The number of aryl methyl sites for hydroxylation is 1. The second-order valence-electron chi connectivity index (χ2n) is 7.18. The molecule has 0 saturated heterocycles. The molecule has 0 aliphatic carbocycles. The van der Waals surface area contributed by atoms with Crippen LogP contribution in [0.4, 0.5) is 5.13 Å². The summed E-state index contributed by atoms with van der Waals surface area (Å²) < 4.78 is 12.2. The van der Waals surface area contributed by atoms with Crippen molar-refractivity contribution in [3.05, 3.63) is 76.6 Å². The number of ether oxygens (including phenoxy) is 2. The van der Waals surface area contributed by atoms with Crippen LogP contribution in [0, 0.1) is 6.92 Å². The van der Waals surface area contributed by atoms with E-state index in [1.54, 1.807) is 35.5 Å². The molecule has 0 fully saturated rings. The SMILES string of the molecule is Cc1cc(Cl)cc2sc(N(Cc3cccnc3)C(=O)c3ccc4c(c3)OCCO4)nc12. The number of aromatic nitrogens is 2. The molecule has 8 heteroatoms. The molecule has 0 bridgehead atoms. The molecule has 2 aromatic carbocycles. The predicted octanol–water partition coefficient (Wildman–Crippen LogP) is 5.27. The fourth-order valence-corrected chi connectivity index (χ4v) is 4.91. The molecule has 0 atom stereocenters. The molecule has 1 amide bonds. The zero-order chi connectivity index (χ0) is 21.4. The van der Waals surface area contributed by atoms with Gasteiger partial charge in [0, 0.05) is 23.0 Å². The van der Waals surface area contributed by atoms with Gasteiger partial charge in [0.25, 0.3) is 5.91 Å². The lowest BCUT2D eigenvalue weighted by molar-refractivity contribution is 0.0984. The molecule has 0 radical (unpaired) electrons. The van der Waals surface area contributed by atoms with Crippen molar-refractivity contribution in [3.63, 3.8) is 0 Å². The van der Waals surface area contributed by atoms with Gasteiger partial charge in [0.15, 0.2) is 16.6 Å². The van der Waals surface area contributed by atoms with Crippen LogP contribution >= 0.6 is 22.9 Å². The number of halogens is 1. The Labute approximate surface area is 188 Å². The van der Waals surface area contributed by atoms with Crippen molar-refractivity contribution in [1.82, 2.24) is 9.97 Å². The molecule has 0 N–H and O–H groups in total. The molecule has 2 aromatic heterocycles. The molecular weight excluding hydrogens is 434 g/mol. The van der Waals surface area contributed by atoms with Crippen LogP contribution in [0.25, 0.3) is 10.2 Å². The monoisotopic (exact) mass is 451 g/mol. The van der Waals surface area contributed by atoms with E-state index in [2.05, 4.69) is 4.98 Å². The highest BCUT2D eigenvalue weighted by molar-refractivity contribution is 7.22. The first-order valence-corrected chi connectivity index (χ1v) is 10.9. The number of benzene rings is 2. The topological polar surface area (TPSA) is 64.6 Å². The predicted molar refractivity (Wildman–Crippen MR) is 122 cm³/mol. The zero-order valence-electron chi connectivity index (χ0n) is 16.7. The first kappa shape index (κ1) is 19.8. The van der Waals surface area contributed by atoms with E-state index in [-0.39, 0.29) is 5.91 Å². The summed E-state index contributed by atoms with van der Waals surface area (Å²) in [4.78, 5) is 24.2. The number of hydrogen-bond acceptors (Lipinski definition) is 6. The summed E-state index contributed by atoms with van der Waals surface area (Å²) in [6.45, 7) is 3.27. The van der Waals surface area contributed by atoms with E-state index in [1.807, 2.05) is 31.2 Å². The molecule has 0 saturated carbocycles. The number of carbonyl (C=O) groups excluding carboxylic acids is 1. The molecule has 3 heterocycles. The quantitative estimate of drug-likeness (QED) is 0.423. The van der Waals surface area contributed by atoms with Gasteiger partial charge < -0.3 is 9.47 Å². The first-order valence-electron chi connectivity index (χ1n) is 9.75. The third kappa shape index (κ3) is 3.94. The van der Waals surface area contributed by atoms with Crippen LogP contribution in [0.5, 0.6) is 11.5 Å². The number of anilines is 1. The van der Waals surface area contributed by atoms with Crippen molar-refractivity contribution in [2.75, 3.05) is 18.1 Å². The summed E-state index contributed by atoms with van der Waals surface area (Å²) in [5, 5.41) is 1.25. The van der Waals surface area contributed by atoms with E-state index < -0.39 is 0 Å². The lowest BCUT2D eigenvalue weighted by atomic mass is 10.1. The summed E-state index contributed by atoms with van der Waals surface area (Å²) >= 11 is 7.67. The number of fused-ring (bicyclic) bond motifs is 2. The van der Waals surface area contributed by atoms with Crippen molar-refractivity contribution >= 4 is 44.2 Å². The number of amides is 1. The Morgan fingerprint density at radius 1 is 1.16 bits per heavy atom. The fraction of sp³-hybridized carbons (Fsp3) is 0.174. The first-order chi connectivity index (χ1) is 15.1. The minimum Gasteiger partial charge on any atom is -0.486 e. The third-order valence-electron chi connectivity index (χ3n) is 4.97. The average Bonchev–Trinajstić information content (AvgIpc) is 3.21. The van der Waals surface area contributed by atoms with Gasteiger partial charge in [-0.1, -0.05) is 29.0 Å². The molecule has 1 aliphatic rings. The van der Waals surface area contributed by atoms with Gasteiger partial charge >= 0.3 is 0 Å². The maximum Gasteiger partial charge on any atom is 0.260 e. The van der Waals surface area contributed by atoms with Gasteiger partial charge in [0.05, 0.1) is 16.8 Å². The van der Waals surface area contributed by atoms with E-state index in [0.29, 0.717) is 47.0 Å². The molecule has 5 rings (SSSR count). The summed E-state index contributed by atoms with van der Waals surface area (Å²) in [6, 6.07) is 12.8. The van der Waals surface area contributed by atoms with Crippen molar-refractivity contribution in [3.8, 4) is 11.5 Å². The van der Waals surface area contributed by atoms with Gasteiger partial charge in [-0.15, -0.1) is 0 Å². The molecule has 31 heavy (non-hydrogen) atoms. The summed E-state index contributed by atoms with van der Waals surface area (Å²) in [5.74, 6) is 1.04. The maximum absolute atomic E-state index is 13.6. The van der Waals surface area contributed by atoms with Gasteiger partial charge in [-0.25, -0.2) is 4.98 Å². The number of hydrogen-bond donors (Lipinski definition) is 0. The highest BCUT2D eigenvalue weighted by atomic mass is 35.5. The van der Waals surface area contributed by atoms with Crippen LogP contribution in [0.3, 0.4) is 0 Å². The van der Waals surface area contributed by atoms with Crippen LogP contribution in [-0.2, 0) is 6.54 Å². The largest absolute Gasteiger partial charge is 0.486 e. The number of rotatable bonds is 4. The Morgan fingerprint density at radius 2 is 2.00 bits per heavy atom. The Morgan fingerprint density at radius 3 is 2.81 bits per heavy atom. The van der Waals surface area contributed by atoms with Gasteiger partial charge in [-0.2, -0.15) is 0 Å². The van der Waals surface area contributed by atoms with Crippen LogP contribution in [0.2, 0.25) is 5.02 Å². The van der Waals surface area contributed by atoms with Gasteiger partial charge in [0.1, 0.15) is 13.2 Å². The highest BCUT2D eigenvalue weighted by Gasteiger charge is 2.24. The van der Waals surface area contributed by atoms with Crippen molar-refractivity contribution < 1.29 is 14.3 Å². The zero-order valence-corrected chi connectivity index (χ0v) is 18.2. The smallest absolute Gasteiger partial charge is 0.260 e. The van der Waals surface area contributed by atoms with Crippen LogP contribution in [0.1, 0.15) is 21.5 Å². The lowest BCUT2D eigenvalue weighted by Crippen LogP contribution is -2.30. The third-order valence-corrected chi connectivity index (χ3v) is 6.21. The van der Waals surface area contributed by atoms with Gasteiger partial charge in [-0.05, 0) is 54.4 Å². The number of pyridine rings is 1. The number of nitrogens with zero attached hydrogens (tertiary/aromatic N) is 3. The van der Waals surface area contributed by atoms with Crippen LogP contribution in [0.15, 0.2) is 54.9 Å². The second-order valence-corrected chi connectivity index (χ2v) is 8.62. The second kappa shape index (κ2) is 8.17. The van der Waals surface area contributed by atoms with E-state index in [1.165, 1.54) is 11.3 Å².